The zero-order valence-electron chi connectivity index (χ0n) is 33.2. The second-order valence-electron chi connectivity index (χ2n) is 14.5. The van der Waals surface area contributed by atoms with Crippen LogP contribution in [0.25, 0.3) is 11.0 Å². The van der Waals surface area contributed by atoms with Crippen molar-refractivity contribution in [3.8, 4) is 5.75 Å². The number of amides is 3. The lowest BCUT2D eigenvalue weighted by atomic mass is 9.84. The van der Waals surface area contributed by atoms with Crippen molar-refractivity contribution in [2.75, 3.05) is 77.0 Å². The first-order valence-corrected chi connectivity index (χ1v) is 20.8. The van der Waals surface area contributed by atoms with Crippen LogP contribution in [0.1, 0.15) is 56.6 Å². The van der Waals surface area contributed by atoms with E-state index in [4.69, 9.17) is 18.9 Å². The third-order valence-electron chi connectivity index (χ3n) is 10.3. The molecule has 3 amide bonds. The largest absolute Gasteiger partial charge is 0.491 e. The standard InChI is InChI=1S/C41H53BrN8O8/c1-48(39(53)29-8-3-9-29)19-6-18-43-37-32(42)27-44-40(47-37)45-30-12-14-31(15-13-30)58-26-25-57-24-23-56-22-21-55-20-5-10-28-7-4-11-33-36(28)49(2)41(54)50(33)34-16-17-35(51)46-38(34)52/h4,7,11-15,27,29,34H,3,5-6,8-10,16-26H2,1-2H3,(H,46,51,52)(H2,43,44,45,47). The highest BCUT2D eigenvalue weighted by molar-refractivity contribution is 9.10. The average Bonchev–Trinajstić information content (AvgIpc) is 3.45. The van der Waals surface area contributed by atoms with Crippen LogP contribution in [0.4, 0.5) is 17.5 Å². The number of rotatable bonds is 23. The molecule has 2 aromatic carbocycles. The molecule has 0 bridgehead atoms. The first-order chi connectivity index (χ1) is 28.2. The Labute approximate surface area is 346 Å². The topological polar surface area (TPSA) is 180 Å². The number of anilines is 3. The molecule has 3 N–H and O–H groups in total. The van der Waals surface area contributed by atoms with Crippen LogP contribution in [0, 0.1) is 5.92 Å². The Bertz CT molecular complexity index is 2070. The number of aromatic nitrogens is 4. The number of piperidine rings is 1. The second-order valence-corrected chi connectivity index (χ2v) is 15.3. The van der Waals surface area contributed by atoms with Gasteiger partial charge in [-0.1, -0.05) is 18.6 Å². The summed E-state index contributed by atoms with van der Waals surface area (Å²) >= 11 is 3.51. The van der Waals surface area contributed by atoms with Gasteiger partial charge in [0.15, 0.2) is 0 Å². The Kier molecular flexibility index (Phi) is 15.7. The number of imidazole rings is 1. The summed E-state index contributed by atoms with van der Waals surface area (Å²) in [5.41, 5.74) is 3.02. The van der Waals surface area contributed by atoms with Crippen molar-refractivity contribution < 1.29 is 33.3 Å². The van der Waals surface area contributed by atoms with E-state index in [1.807, 2.05) is 54.4 Å². The van der Waals surface area contributed by atoms with Gasteiger partial charge >= 0.3 is 5.69 Å². The number of carbonyl (C=O) groups excluding carboxylic acids is 3. The minimum Gasteiger partial charge on any atom is -0.491 e. The molecule has 0 spiro atoms. The molecule has 2 fully saturated rings. The first-order valence-electron chi connectivity index (χ1n) is 20.0. The third kappa shape index (κ3) is 11.4. The molecule has 16 nitrogen and oxygen atoms in total. The zero-order chi connectivity index (χ0) is 40.9. The smallest absolute Gasteiger partial charge is 0.329 e. The van der Waals surface area contributed by atoms with Gasteiger partial charge in [-0.25, -0.2) is 9.78 Å². The molecule has 17 heteroatoms. The molecule has 1 saturated heterocycles. The van der Waals surface area contributed by atoms with Crippen molar-refractivity contribution in [3.63, 3.8) is 0 Å². The van der Waals surface area contributed by atoms with E-state index in [1.165, 1.54) is 4.57 Å². The van der Waals surface area contributed by atoms with E-state index in [2.05, 4.69) is 41.8 Å². The van der Waals surface area contributed by atoms with Crippen molar-refractivity contribution in [1.29, 1.82) is 0 Å². The Hall–Kier alpha value is -4.84. The fraction of sp³-hybridized carbons (Fsp3) is 0.512. The molecule has 1 atom stereocenters. The summed E-state index contributed by atoms with van der Waals surface area (Å²) in [5, 5.41) is 8.91. The summed E-state index contributed by atoms with van der Waals surface area (Å²) in [5.74, 6) is 1.57. The molecule has 0 radical (unpaired) electrons. The van der Waals surface area contributed by atoms with E-state index in [-0.39, 0.29) is 29.8 Å². The van der Waals surface area contributed by atoms with Crippen molar-refractivity contribution >= 4 is 62.1 Å². The lowest BCUT2D eigenvalue weighted by Crippen LogP contribution is -2.44. The Morgan fingerprint density at radius 2 is 1.67 bits per heavy atom. The maximum absolute atomic E-state index is 13.1. The number of halogens is 1. The maximum Gasteiger partial charge on any atom is 0.329 e. The van der Waals surface area contributed by atoms with Gasteiger partial charge in [0.1, 0.15) is 24.2 Å². The van der Waals surface area contributed by atoms with Crippen LogP contribution < -0.4 is 26.4 Å². The van der Waals surface area contributed by atoms with Gasteiger partial charge in [-0.05, 0) is 90.4 Å². The molecule has 1 aliphatic heterocycles. The molecule has 58 heavy (non-hydrogen) atoms. The minimum absolute atomic E-state index is 0.205. The number of carbonyl (C=O) groups is 3. The molecule has 6 rings (SSSR count). The highest BCUT2D eigenvalue weighted by Crippen LogP contribution is 2.29. The van der Waals surface area contributed by atoms with Crippen LogP contribution in [-0.4, -0.2) is 108 Å². The van der Waals surface area contributed by atoms with Gasteiger partial charge in [0.2, 0.25) is 23.7 Å². The summed E-state index contributed by atoms with van der Waals surface area (Å²) in [7, 11) is 3.59. The van der Waals surface area contributed by atoms with Crippen molar-refractivity contribution in [1.82, 2.24) is 29.3 Å². The summed E-state index contributed by atoms with van der Waals surface area (Å²) in [6.07, 6.45) is 7.66. The van der Waals surface area contributed by atoms with Gasteiger partial charge in [0.25, 0.3) is 0 Å². The number of imide groups is 1. The number of benzene rings is 2. The number of hydrogen-bond donors (Lipinski definition) is 3. The number of aryl methyl sites for hydroxylation is 2. The molecule has 1 saturated carbocycles. The lowest BCUT2D eigenvalue weighted by Gasteiger charge is -2.29. The zero-order valence-corrected chi connectivity index (χ0v) is 34.8. The molecule has 3 heterocycles. The van der Waals surface area contributed by atoms with Gasteiger partial charge in [0, 0.05) is 58.0 Å². The number of hydrogen-bond acceptors (Lipinski definition) is 12. The van der Waals surface area contributed by atoms with E-state index in [0.29, 0.717) is 95.2 Å². The highest BCUT2D eigenvalue weighted by atomic mass is 79.9. The number of nitrogens with one attached hydrogen (secondary N) is 3. The van der Waals surface area contributed by atoms with Crippen molar-refractivity contribution in [2.24, 2.45) is 13.0 Å². The van der Waals surface area contributed by atoms with Crippen LogP contribution in [0.2, 0.25) is 0 Å². The van der Waals surface area contributed by atoms with Crippen molar-refractivity contribution in [3.05, 3.63) is 69.2 Å². The molecule has 2 aromatic heterocycles. The molecular formula is C41H53BrN8O8. The Morgan fingerprint density at radius 1 is 0.948 bits per heavy atom. The summed E-state index contributed by atoms with van der Waals surface area (Å²) in [6.45, 7) is 4.52. The third-order valence-corrected chi connectivity index (χ3v) is 10.9. The summed E-state index contributed by atoms with van der Waals surface area (Å²) in [4.78, 5) is 60.4. The molecule has 2 aliphatic rings. The van der Waals surface area contributed by atoms with Crippen LogP contribution in [0.15, 0.2) is 57.9 Å². The second kappa shape index (κ2) is 21.2. The first kappa shape index (κ1) is 42.8. The maximum atomic E-state index is 13.1. The van der Waals surface area contributed by atoms with Gasteiger partial charge in [-0.15, -0.1) is 0 Å². The van der Waals surface area contributed by atoms with Crippen LogP contribution in [0.5, 0.6) is 5.75 Å². The van der Waals surface area contributed by atoms with Gasteiger partial charge in [-0.2, -0.15) is 4.98 Å². The van der Waals surface area contributed by atoms with Crippen LogP contribution in [-0.2, 0) is 42.1 Å². The minimum atomic E-state index is -0.705. The van der Waals surface area contributed by atoms with Gasteiger partial charge in [-0.3, -0.25) is 28.8 Å². The van der Waals surface area contributed by atoms with E-state index in [0.717, 1.165) is 53.3 Å². The molecule has 4 aromatic rings. The number of para-hydroxylation sites is 1. The number of nitrogens with zero attached hydrogens (tertiary/aromatic N) is 5. The molecule has 312 valence electrons. The van der Waals surface area contributed by atoms with E-state index in [9.17, 15) is 19.2 Å². The lowest BCUT2D eigenvalue weighted by molar-refractivity contribution is -0.137. The quantitative estimate of drug-likeness (QED) is 0.0691. The predicted molar refractivity (Wildman–Crippen MR) is 222 cm³/mol. The van der Waals surface area contributed by atoms with Crippen LogP contribution in [0.3, 0.4) is 0 Å². The van der Waals surface area contributed by atoms with Gasteiger partial charge < -0.3 is 34.5 Å². The van der Waals surface area contributed by atoms with Gasteiger partial charge in [0.05, 0.1) is 48.5 Å². The predicted octanol–water partition coefficient (Wildman–Crippen LogP) is 4.74. The normalized spacial score (nSPS) is 15.6. The van der Waals surface area contributed by atoms with E-state index in [1.54, 1.807) is 17.8 Å². The summed E-state index contributed by atoms with van der Waals surface area (Å²) in [6, 6.07) is 12.5. The monoisotopic (exact) mass is 864 g/mol. The highest BCUT2D eigenvalue weighted by Gasteiger charge is 2.31. The van der Waals surface area contributed by atoms with Crippen molar-refractivity contribution in [2.45, 2.75) is 57.4 Å². The molecular weight excluding hydrogens is 812 g/mol. The fourth-order valence-corrected chi connectivity index (χ4v) is 7.32. The number of fused-ring (bicyclic) bond motifs is 1. The van der Waals surface area contributed by atoms with E-state index < -0.39 is 11.9 Å². The van der Waals surface area contributed by atoms with E-state index >= 15 is 0 Å². The summed E-state index contributed by atoms with van der Waals surface area (Å²) < 4.78 is 26.7. The average molecular weight is 866 g/mol. The van der Waals surface area contributed by atoms with Crippen LogP contribution >= 0.6 is 15.9 Å². The molecule has 1 unspecified atom stereocenters. The SMILES string of the molecule is CN(CCCNc1nc(Nc2ccc(OCCOCCOCCOCCCc3cccc4c3n(C)c(=O)n4C3CCC(=O)NC3=O)cc2)ncc1Br)C(=O)C1CCC1. The number of ether oxygens (including phenoxy) is 4. The Balaban J connectivity index is 0.795. The molecule has 1 aliphatic carbocycles. The fourth-order valence-electron chi connectivity index (χ4n) is 6.99. The Morgan fingerprint density at radius 3 is 2.38 bits per heavy atom.